The van der Waals surface area contributed by atoms with Crippen LogP contribution in [0, 0.1) is 10.1 Å². The van der Waals surface area contributed by atoms with Gasteiger partial charge in [-0.25, -0.2) is 4.68 Å². The molecule has 0 aliphatic carbocycles. The Balaban J connectivity index is 2.17. The number of hydrogen-bond donors (Lipinski definition) is 0. The van der Waals surface area contributed by atoms with E-state index in [-0.39, 0.29) is 11.6 Å². The number of halogens is 1. The molecule has 0 aliphatic heterocycles. The molecule has 0 atom stereocenters. The minimum Gasteiger partial charge on any atom is -0.258 e. The van der Waals surface area contributed by atoms with Crippen LogP contribution in [0.1, 0.15) is 5.56 Å². The summed E-state index contributed by atoms with van der Waals surface area (Å²) < 4.78 is 1.63. The molecule has 6 nitrogen and oxygen atoms in total. The molecule has 1 heterocycles. The van der Waals surface area contributed by atoms with Crippen molar-refractivity contribution in [3.63, 3.8) is 0 Å². The fourth-order valence-corrected chi connectivity index (χ4v) is 2.26. The number of nitro groups is 1. The van der Waals surface area contributed by atoms with E-state index in [0.29, 0.717) is 11.3 Å². The summed E-state index contributed by atoms with van der Waals surface area (Å²) in [6, 6.07) is 12.2. The molecule has 0 spiro atoms. The lowest BCUT2D eigenvalue weighted by atomic mass is 10.2. The van der Waals surface area contributed by atoms with Gasteiger partial charge in [0.15, 0.2) is 0 Å². The van der Waals surface area contributed by atoms with Gasteiger partial charge in [-0.2, -0.15) is 0 Å². The van der Waals surface area contributed by atoms with Crippen molar-refractivity contribution in [2.75, 3.05) is 0 Å². The fourth-order valence-electron chi connectivity index (χ4n) is 2.05. The molecule has 7 heteroatoms. The first kappa shape index (κ1) is 12.6. The van der Waals surface area contributed by atoms with E-state index in [1.807, 2.05) is 24.3 Å². The van der Waals surface area contributed by atoms with E-state index in [0.717, 1.165) is 11.0 Å². The molecule has 3 rings (SSSR count). The molecule has 0 unspecified atom stereocenters. The molecule has 0 saturated carbocycles. The molecule has 0 aliphatic rings. The Morgan fingerprint density at radius 3 is 2.80 bits per heavy atom. The normalized spacial score (nSPS) is 10.8. The van der Waals surface area contributed by atoms with E-state index < -0.39 is 4.92 Å². The van der Waals surface area contributed by atoms with E-state index in [9.17, 15) is 10.1 Å². The van der Waals surface area contributed by atoms with E-state index in [1.165, 1.54) is 6.07 Å². The first-order chi connectivity index (χ1) is 9.70. The summed E-state index contributed by atoms with van der Waals surface area (Å²) in [6.45, 7) is 0. The summed E-state index contributed by atoms with van der Waals surface area (Å²) in [4.78, 5) is 10.5. The molecule has 0 radical (unpaired) electrons. The molecule has 0 fully saturated rings. The Morgan fingerprint density at radius 1 is 1.25 bits per heavy atom. The van der Waals surface area contributed by atoms with Gasteiger partial charge >= 0.3 is 0 Å². The minimum absolute atomic E-state index is 0.00757. The van der Waals surface area contributed by atoms with E-state index in [4.69, 9.17) is 11.6 Å². The van der Waals surface area contributed by atoms with Crippen LogP contribution in [0.2, 0.25) is 0 Å². The summed E-state index contributed by atoms with van der Waals surface area (Å²) in [5, 5.41) is 19.0. The molecular weight excluding hydrogens is 280 g/mol. The highest BCUT2D eigenvalue weighted by Gasteiger charge is 2.15. The van der Waals surface area contributed by atoms with Gasteiger partial charge in [0.1, 0.15) is 5.52 Å². The van der Waals surface area contributed by atoms with Gasteiger partial charge in [0.25, 0.3) is 5.69 Å². The number of aromatic nitrogens is 3. The predicted molar refractivity (Wildman–Crippen MR) is 75.1 cm³/mol. The van der Waals surface area contributed by atoms with Crippen LogP contribution in [-0.2, 0) is 5.88 Å². The van der Waals surface area contributed by atoms with Crippen molar-refractivity contribution in [1.29, 1.82) is 0 Å². The second-order valence-electron chi connectivity index (χ2n) is 4.19. The summed E-state index contributed by atoms with van der Waals surface area (Å²) in [6.07, 6.45) is 0. The molecule has 0 bridgehead atoms. The van der Waals surface area contributed by atoms with Gasteiger partial charge in [-0.1, -0.05) is 17.3 Å². The van der Waals surface area contributed by atoms with Crippen LogP contribution in [0.4, 0.5) is 5.69 Å². The van der Waals surface area contributed by atoms with Crippen LogP contribution in [0.15, 0.2) is 42.5 Å². The molecule has 100 valence electrons. The summed E-state index contributed by atoms with van der Waals surface area (Å²) in [7, 11) is 0. The average molecular weight is 289 g/mol. The van der Waals surface area contributed by atoms with Gasteiger partial charge in [0, 0.05) is 11.6 Å². The largest absolute Gasteiger partial charge is 0.273 e. The maximum atomic E-state index is 10.9. The zero-order chi connectivity index (χ0) is 14.1. The van der Waals surface area contributed by atoms with Crippen LogP contribution >= 0.6 is 11.6 Å². The second-order valence-corrected chi connectivity index (χ2v) is 4.46. The third kappa shape index (κ3) is 2.00. The predicted octanol–water partition coefficient (Wildman–Crippen LogP) is 3.07. The lowest BCUT2D eigenvalue weighted by Crippen LogP contribution is -2.00. The van der Waals surface area contributed by atoms with E-state index in [1.54, 1.807) is 16.8 Å². The topological polar surface area (TPSA) is 73.8 Å². The molecule has 2 aromatic carbocycles. The highest BCUT2D eigenvalue weighted by molar-refractivity contribution is 6.17. The third-order valence-corrected chi connectivity index (χ3v) is 3.29. The molecule has 3 aromatic rings. The number of benzene rings is 2. The number of nitrogens with zero attached hydrogens (tertiary/aromatic N) is 4. The lowest BCUT2D eigenvalue weighted by molar-refractivity contribution is -0.385. The maximum absolute atomic E-state index is 10.9. The summed E-state index contributed by atoms with van der Waals surface area (Å²) >= 11 is 5.78. The number of para-hydroxylation sites is 1. The Hall–Kier alpha value is -2.47. The van der Waals surface area contributed by atoms with Gasteiger partial charge in [0.2, 0.25) is 0 Å². The van der Waals surface area contributed by atoms with Gasteiger partial charge in [0.05, 0.1) is 22.0 Å². The number of fused-ring (bicyclic) bond motifs is 1. The van der Waals surface area contributed by atoms with Crippen LogP contribution in [0.5, 0.6) is 0 Å². The maximum Gasteiger partial charge on any atom is 0.273 e. The zero-order valence-corrected chi connectivity index (χ0v) is 11.0. The number of alkyl halides is 1. The Labute approximate surface area is 118 Å². The second kappa shape index (κ2) is 4.90. The molecule has 0 amide bonds. The van der Waals surface area contributed by atoms with Crippen molar-refractivity contribution in [1.82, 2.24) is 15.0 Å². The van der Waals surface area contributed by atoms with Gasteiger partial charge in [-0.3, -0.25) is 10.1 Å². The fraction of sp³-hybridized carbons (Fsp3) is 0.0769. The third-order valence-electron chi connectivity index (χ3n) is 3.00. The standard InChI is InChI=1S/C13H9ClN4O2/c14-8-9-7-10(5-6-12(9)18(19)20)17-13-4-2-1-3-11(13)15-16-17/h1-7H,8H2. The smallest absolute Gasteiger partial charge is 0.258 e. The van der Waals surface area contributed by atoms with Crippen LogP contribution < -0.4 is 0 Å². The van der Waals surface area contributed by atoms with Crippen LogP contribution in [-0.4, -0.2) is 19.9 Å². The molecule has 0 saturated heterocycles. The Kier molecular flexibility index (Phi) is 3.08. The Bertz CT molecular complexity index is 800. The average Bonchev–Trinajstić information content (AvgIpc) is 2.90. The summed E-state index contributed by atoms with van der Waals surface area (Å²) in [5.74, 6) is 0.0663. The molecule has 0 N–H and O–H groups in total. The van der Waals surface area contributed by atoms with Gasteiger partial charge in [-0.05, 0) is 24.3 Å². The lowest BCUT2D eigenvalue weighted by Gasteiger charge is -2.05. The molecule has 20 heavy (non-hydrogen) atoms. The van der Waals surface area contributed by atoms with Gasteiger partial charge < -0.3 is 0 Å². The Morgan fingerprint density at radius 2 is 2.05 bits per heavy atom. The molecule has 1 aromatic heterocycles. The quantitative estimate of drug-likeness (QED) is 0.422. The number of rotatable bonds is 3. The first-order valence-corrected chi connectivity index (χ1v) is 6.38. The summed E-state index contributed by atoms with van der Waals surface area (Å²) in [5.41, 5.74) is 2.75. The van der Waals surface area contributed by atoms with Crippen molar-refractivity contribution < 1.29 is 4.92 Å². The SMILES string of the molecule is O=[N+]([O-])c1ccc(-n2nnc3ccccc32)cc1CCl. The first-order valence-electron chi connectivity index (χ1n) is 5.85. The highest BCUT2D eigenvalue weighted by atomic mass is 35.5. The van der Waals surface area contributed by atoms with Crippen molar-refractivity contribution in [2.45, 2.75) is 5.88 Å². The van der Waals surface area contributed by atoms with Crippen molar-refractivity contribution in [3.05, 3.63) is 58.1 Å². The monoisotopic (exact) mass is 288 g/mol. The number of hydrogen-bond acceptors (Lipinski definition) is 4. The molecular formula is C13H9ClN4O2. The number of nitro benzene ring substituents is 1. The minimum atomic E-state index is -0.444. The highest BCUT2D eigenvalue weighted by Crippen LogP contribution is 2.25. The van der Waals surface area contributed by atoms with Crippen molar-refractivity contribution in [2.24, 2.45) is 0 Å². The van der Waals surface area contributed by atoms with E-state index in [2.05, 4.69) is 10.3 Å². The van der Waals surface area contributed by atoms with Gasteiger partial charge in [-0.15, -0.1) is 16.7 Å². The van der Waals surface area contributed by atoms with E-state index >= 15 is 0 Å². The van der Waals surface area contributed by atoms with Crippen LogP contribution in [0.25, 0.3) is 16.7 Å². The van der Waals surface area contributed by atoms with Crippen molar-refractivity contribution >= 4 is 28.3 Å². The zero-order valence-electron chi connectivity index (χ0n) is 10.2. The van der Waals surface area contributed by atoms with Crippen LogP contribution in [0.3, 0.4) is 0 Å². The van der Waals surface area contributed by atoms with Crippen molar-refractivity contribution in [3.8, 4) is 5.69 Å².